The van der Waals surface area contributed by atoms with Crippen molar-refractivity contribution in [2.24, 2.45) is 5.92 Å². The number of halogens is 1. The number of benzene rings is 1. The molecule has 1 aliphatic rings. The number of ether oxygens (including phenoxy) is 2. The Bertz CT molecular complexity index is 1300. The molecule has 0 aliphatic heterocycles. The third kappa shape index (κ3) is 4.92. The molecular formula is C24H30ClN5O4S. The second kappa shape index (κ2) is 10.2. The summed E-state index contributed by atoms with van der Waals surface area (Å²) in [5, 5.41) is 8.27. The zero-order chi connectivity index (χ0) is 25.3. The van der Waals surface area contributed by atoms with Crippen molar-refractivity contribution in [1.29, 1.82) is 0 Å². The van der Waals surface area contributed by atoms with Crippen molar-refractivity contribution in [2.45, 2.75) is 56.6 Å². The van der Waals surface area contributed by atoms with E-state index in [1.807, 2.05) is 29.7 Å². The minimum Gasteiger partial charge on any atom is -0.495 e. The molecule has 4 atom stereocenters. The van der Waals surface area contributed by atoms with Crippen LogP contribution in [0.15, 0.2) is 30.6 Å². The first kappa shape index (κ1) is 25.5. The molecule has 1 aromatic carbocycles. The predicted molar refractivity (Wildman–Crippen MR) is 133 cm³/mol. The monoisotopic (exact) mass is 519 g/mol. The highest BCUT2D eigenvalue weighted by Crippen LogP contribution is 2.43. The van der Waals surface area contributed by atoms with Crippen LogP contribution in [-0.2, 0) is 20.3 Å². The standard InChI is InChI=1S/C24H30ClN5O4S/c1-14-9-10-18(14)24-29-28-20(30(24)21-15(2)7-6-8-19(21)33-4)13-35(31,32)16(3)22(34-5)23-26-11-17(25)12-27-23/h6-8,11-12,14,16,18,22H,9-10,13H2,1-5H3/t14-,16-,18-,22-/m0/s1. The Morgan fingerprint density at radius 2 is 1.89 bits per heavy atom. The molecule has 188 valence electrons. The zero-order valence-electron chi connectivity index (χ0n) is 20.5. The van der Waals surface area contributed by atoms with E-state index >= 15 is 0 Å². The van der Waals surface area contributed by atoms with Gasteiger partial charge in [-0.1, -0.05) is 30.7 Å². The van der Waals surface area contributed by atoms with Crippen molar-refractivity contribution in [2.75, 3.05) is 14.2 Å². The van der Waals surface area contributed by atoms with Gasteiger partial charge in [0.1, 0.15) is 23.4 Å². The number of aromatic nitrogens is 5. The van der Waals surface area contributed by atoms with E-state index in [2.05, 4.69) is 27.1 Å². The van der Waals surface area contributed by atoms with Crippen LogP contribution < -0.4 is 4.74 Å². The van der Waals surface area contributed by atoms with E-state index in [1.54, 1.807) is 14.0 Å². The van der Waals surface area contributed by atoms with Gasteiger partial charge in [0.15, 0.2) is 21.5 Å². The van der Waals surface area contributed by atoms with E-state index in [9.17, 15) is 8.42 Å². The molecule has 0 unspecified atom stereocenters. The Kier molecular flexibility index (Phi) is 7.44. The molecule has 2 aromatic heterocycles. The van der Waals surface area contributed by atoms with Gasteiger partial charge < -0.3 is 9.47 Å². The maximum Gasteiger partial charge on any atom is 0.163 e. The molecule has 9 nitrogen and oxygen atoms in total. The molecule has 0 N–H and O–H groups in total. The first-order valence-corrected chi connectivity index (χ1v) is 13.6. The van der Waals surface area contributed by atoms with Crippen LogP contribution in [0.5, 0.6) is 5.75 Å². The van der Waals surface area contributed by atoms with Gasteiger partial charge in [-0.3, -0.25) is 4.57 Å². The summed E-state index contributed by atoms with van der Waals surface area (Å²) in [6.07, 6.45) is 4.05. The predicted octanol–water partition coefficient (Wildman–Crippen LogP) is 4.23. The van der Waals surface area contributed by atoms with E-state index in [-0.39, 0.29) is 17.5 Å². The topological polar surface area (TPSA) is 109 Å². The quantitative estimate of drug-likeness (QED) is 0.413. The lowest BCUT2D eigenvalue weighted by atomic mass is 9.74. The molecule has 1 aliphatic carbocycles. The van der Waals surface area contributed by atoms with Crippen LogP contribution in [0.1, 0.15) is 61.7 Å². The number of aryl methyl sites for hydroxylation is 1. The van der Waals surface area contributed by atoms with Crippen LogP contribution in [0.3, 0.4) is 0 Å². The Labute approximate surface area is 210 Å². The number of hydrogen-bond acceptors (Lipinski definition) is 8. The minimum absolute atomic E-state index is 0.204. The van der Waals surface area contributed by atoms with Gasteiger partial charge in [0, 0.05) is 25.4 Å². The second-order valence-corrected chi connectivity index (χ2v) is 11.8. The number of hydrogen-bond donors (Lipinski definition) is 0. The van der Waals surface area contributed by atoms with Gasteiger partial charge in [0.2, 0.25) is 0 Å². The van der Waals surface area contributed by atoms with Gasteiger partial charge in [-0.15, -0.1) is 10.2 Å². The summed E-state index contributed by atoms with van der Waals surface area (Å²) in [5.74, 6) is 2.30. The largest absolute Gasteiger partial charge is 0.495 e. The molecule has 1 saturated carbocycles. The molecule has 4 rings (SSSR count). The molecule has 1 fully saturated rings. The van der Waals surface area contributed by atoms with Crippen LogP contribution in [0, 0.1) is 12.8 Å². The lowest BCUT2D eigenvalue weighted by Crippen LogP contribution is -2.30. The normalized spacial score (nSPS) is 19.7. The first-order chi connectivity index (χ1) is 16.7. The summed E-state index contributed by atoms with van der Waals surface area (Å²) >= 11 is 5.89. The van der Waals surface area contributed by atoms with Crippen molar-refractivity contribution in [3.63, 3.8) is 0 Å². The van der Waals surface area contributed by atoms with E-state index in [0.717, 1.165) is 29.9 Å². The first-order valence-electron chi connectivity index (χ1n) is 11.5. The van der Waals surface area contributed by atoms with Crippen LogP contribution in [-0.4, -0.2) is 52.6 Å². The molecular weight excluding hydrogens is 490 g/mol. The van der Waals surface area contributed by atoms with E-state index in [1.165, 1.54) is 19.5 Å². The molecule has 0 amide bonds. The van der Waals surface area contributed by atoms with Gasteiger partial charge in [-0.05, 0) is 44.2 Å². The zero-order valence-corrected chi connectivity index (χ0v) is 22.0. The van der Waals surface area contributed by atoms with Crippen molar-refractivity contribution in [1.82, 2.24) is 24.7 Å². The number of sulfone groups is 1. The molecule has 11 heteroatoms. The highest BCUT2D eigenvalue weighted by Gasteiger charge is 2.38. The summed E-state index contributed by atoms with van der Waals surface area (Å²) in [6, 6.07) is 5.73. The Morgan fingerprint density at radius 1 is 1.17 bits per heavy atom. The summed E-state index contributed by atoms with van der Waals surface area (Å²) in [6.45, 7) is 5.73. The fourth-order valence-electron chi connectivity index (χ4n) is 4.52. The molecule has 0 bridgehead atoms. The maximum absolute atomic E-state index is 13.6. The van der Waals surface area contributed by atoms with Gasteiger partial charge in [-0.25, -0.2) is 18.4 Å². The lowest BCUT2D eigenvalue weighted by molar-refractivity contribution is 0.0948. The fourth-order valence-corrected chi connectivity index (χ4v) is 6.03. The Hall–Kier alpha value is -2.56. The Balaban J connectivity index is 1.76. The van der Waals surface area contributed by atoms with Crippen LogP contribution >= 0.6 is 11.6 Å². The molecule has 2 heterocycles. The van der Waals surface area contributed by atoms with Gasteiger partial charge in [-0.2, -0.15) is 0 Å². The van der Waals surface area contributed by atoms with Gasteiger partial charge in [0.05, 0.1) is 23.1 Å². The van der Waals surface area contributed by atoms with Crippen molar-refractivity contribution in [3.05, 3.63) is 58.7 Å². The molecule has 0 spiro atoms. The summed E-state index contributed by atoms with van der Waals surface area (Å²) in [4.78, 5) is 8.33. The number of nitrogens with zero attached hydrogens (tertiary/aromatic N) is 5. The van der Waals surface area contributed by atoms with Gasteiger partial charge >= 0.3 is 0 Å². The maximum atomic E-state index is 13.6. The van der Waals surface area contributed by atoms with E-state index < -0.39 is 21.2 Å². The highest BCUT2D eigenvalue weighted by atomic mass is 35.5. The molecule has 3 aromatic rings. The smallest absolute Gasteiger partial charge is 0.163 e. The lowest BCUT2D eigenvalue weighted by Gasteiger charge is -2.33. The molecule has 0 radical (unpaired) electrons. The van der Waals surface area contributed by atoms with Crippen LogP contribution in [0.4, 0.5) is 0 Å². The third-order valence-corrected chi connectivity index (χ3v) is 9.06. The summed E-state index contributed by atoms with van der Waals surface area (Å²) in [5.41, 5.74) is 1.70. The van der Waals surface area contributed by atoms with Crippen molar-refractivity contribution < 1.29 is 17.9 Å². The summed E-state index contributed by atoms with van der Waals surface area (Å²) in [7, 11) is -0.727. The van der Waals surface area contributed by atoms with Crippen LogP contribution in [0.2, 0.25) is 5.02 Å². The fraction of sp³-hybridized carbons (Fsp3) is 0.500. The average molecular weight is 520 g/mol. The number of para-hydroxylation sites is 1. The van der Waals surface area contributed by atoms with E-state index in [4.69, 9.17) is 21.1 Å². The van der Waals surface area contributed by atoms with Crippen LogP contribution in [0.25, 0.3) is 5.69 Å². The molecule has 0 saturated heterocycles. The number of rotatable bonds is 9. The Morgan fingerprint density at radius 3 is 2.46 bits per heavy atom. The van der Waals surface area contributed by atoms with Crippen molar-refractivity contribution in [3.8, 4) is 11.4 Å². The summed E-state index contributed by atoms with van der Waals surface area (Å²) < 4.78 is 40.3. The van der Waals surface area contributed by atoms with Crippen molar-refractivity contribution >= 4 is 21.4 Å². The SMILES string of the molecule is COc1cccc(C)c1-n1c(CS(=O)(=O)[C@@H](C)[C@H](OC)c2ncc(Cl)cn2)nnc1[C@H]1CC[C@@H]1C. The number of methoxy groups -OCH3 is 2. The highest BCUT2D eigenvalue weighted by molar-refractivity contribution is 7.91. The molecule has 35 heavy (non-hydrogen) atoms. The minimum atomic E-state index is -3.76. The second-order valence-electron chi connectivity index (χ2n) is 9.02. The van der Waals surface area contributed by atoms with E-state index in [0.29, 0.717) is 22.5 Å². The third-order valence-electron chi connectivity index (χ3n) is 6.82. The average Bonchev–Trinajstić information content (AvgIpc) is 3.20. The van der Waals surface area contributed by atoms with Gasteiger partial charge in [0.25, 0.3) is 0 Å².